The average molecular weight is 429 g/mol. The SMILES string of the molecule is Nc1ncc(-c2cc(N3CC(F)(F)C3)nc(N3CCC(=O)CC3)n2)c(C(F)(F)F)n1. The Bertz CT molecular complexity index is 979. The lowest BCUT2D eigenvalue weighted by Crippen LogP contribution is -2.56. The molecule has 0 unspecified atom stereocenters. The van der Waals surface area contributed by atoms with Crippen LogP contribution in [0.5, 0.6) is 0 Å². The molecule has 2 aliphatic heterocycles. The first-order valence-electron chi connectivity index (χ1n) is 9.00. The molecule has 0 aromatic carbocycles. The van der Waals surface area contributed by atoms with Crippen molar-refractivity contribution in [2.24, 2.45) is 0 Å². The quantitative estimate of drug-likeness (QED) is 0.741. The van der Waals surface area contributed by atoms with E-state index in [4.69, 9.17) is 5.73 Å². The number of nitrogens with zero attached hydrogens (tertiary/aromatic N) is 6. The standard InChI is InChI=1S/C17H16F5N7O/c18-16(19)7-29(8-16)12-5-11(10-6-24-14(23)27-13(10)17(20,21)22)25-15(26-12)28-3-1-9(30)2-4-28/h5-6H,1-4,7-8H2,(H2,23,24,27). The molecule has 2 saturated heterocycles. The summed E-state index contributed by atoms with van der Waals surface area (Å²) in [4.78, 5) is 29.8. The van der Waals surface area contributed by atoms with E-state index in [-0.39, 0.29) is 49.2 Å². The second-order valence-corrected chi connectivity index (χ2v) is 7.14. The van der Waals surface area contributed by atoms with Crippen molar-refractivity contribution >= 4 is 23.5 Å². The first-order chi connectivity index (χ1) is 14.0. The maximum Gasteiger partial charge on any atom is 0.434 e. The zero-order valence-electron chi connectivity index (χ0n) is 15.5. The Kier molecular flexibility index (Phi) is 4.70. The molecule has 0 radical (unpaired) electrons. The Morgan fingerprint density at radius 3 is 2.30 bits per heavy atom. The van der Waals surface area contributed by atoms with Gasteiger partial charge in [0, 0.05) is 43.8 Å². The zero-order valence-corrected chi connectivity index (χ0v) is 15.5. The number of ketones is 1. The first kappa shape index (κ1) is 20.2. The van der Waals surface area contributed by atoms with Gasteiger partial charge in [-0.15, -0.1) is 0 Å². The van der Waals surface area contributed by atoms with Crippen molar-refractivity contribution in [3.05, 3.63) is 18.0 Å². The van der Waals surface area contributed by atoms with E-state index in [0.717, 1.165) is 6.20 Å². The van der Waals surface area contributed by atoms with E-state index in [9.17, 15) is 26.7 Å². The number of Topliss-reactive ketones (excluding diaryl/α,β-unsaturated/α-hetero) is 1. The zero-order chi connectivity index (χ0) is 21.7. The van der Waals surface area contributed by atoms with E-state index in [1.807, 2.05) is 0 Å². The number of halogens is 5. The van der Waals surface area contributed by atoms with E-state index in [1.54, 1.807) is 4.90 Å². The number of piperidine rings is 1. The largest absolute Gasteiger partial charge is 0.434 e. The molecule has 2 fully saturated rings. The molecule has 4 rings (SSSR count). The minimum atomic E-state index is -4.83. The number of nitrogens with two attached hydrogens (primary N) is 1. The number of carbonyl (C=O) groups excluding carboxylic acids is 1. The third-order valence-corrected chi connectivity index (χ3v) is 4.83. The lowest BCUT2D eigenvalue weighted by Gasteiger charge is -2.40. The molecule has 0 spiro atoms. The molecule has 8 nitrogen and oxygen atoms in total. The Labute approximate surface area is 166 Å². The topological polar surface area (TPSA) is 101 Å². The van der Waals surface area contributed by atoms with Crippen LogP contribution in [0, 0.1) is 0 Å². The highest BCUT2D eigenvalue weighted by molar-refractivity contribution is 5.81. The molecular formula is C17H16F5N7O. The summed E-state index contributed by atoms with van der Waals surface area (Å²) in [6.45, 7) is -0.651. The molecular weight excluding hydrogens is 413 g/mol. The molecule has 4 heterocycles. The van der Waals surface area contributed by atoms with Crippen LogP contribution < -0.4 is 15.5 Å². The molecule has 0 bridgehead atoms. The fourth-order valence-corrected chi connectivity index (χ4v) is 3.29. The van der Waals surface area contributed by atoms with Crippen LogP contribution >= 0.6 is 0 Å². The first-order valence-corrected chi connectivity index (χ1v) is 9.00. The molecule has 160 valence electrons. The summed E-state index contributed by atoms with van der Waals surface area (Å²) in [5, 5.41) is 0. The van der Waals surface area contributed by atoms with E-state index >= 15 is 0 Å². The number of alkyl halides is 5. The predicted octanol–water partition coefficient (Wildman–Crippen LogP) is 2.16. The van der Waals surface area contributed by atoms with Crippen LogP contribution in [0.3, 0.4) is 0 Å². The second kappa shape index (κ2) is 6.99. The van der Waals surface area contributed by atoms with Crippen molar-refractivity contribution in [2.45, 2.75) is 24.9 Å². The summed E-state index contributed by atoms with van der Waals surface area (Å²) >= 11 is 0. The van der Waals surface area contributed by atoms with E-state index in [0.29, 0.717) is 0 Å². The highest BCUT2D eigenvalue weighted by atomic mass is 19.4. The summed E-state index contributed by atoms with van der Waals surface area (Å²) in [5.74, 6) is -3.30. The van der Waals surface area contributed by atoms with E-state index in [2.05, 4.69) is 19.9 Å². The third-order valence-electron chi connectivity index (χ3n) is 4.83. The van der Waals surface area contributed by atoms with Gasteiger partial charge >= 0.3 is 6.18 Å². The van der Waals surface area contributed by atoms with Gasteiger partial charge in [0.25, 0.3) is 5.92 Å². The maximum atomic E-state index is 13.5. The molecule has 0 amide bonds. The summed E-state index contributed by atoms with van der Waals surface area (Å²) in [5.41, 5.74) is 3.42. The van der Waals surface area contributed by atoms with Gasteiger partial charge in [0.2, 0.25) is 11.9 Å². The van der Waals surface area contributed by atoms with E-state index in [1.165, 1.54) is 11.0 Å². The van der Waals surface area contributed by atoms with Crippen LogP contribution in [0.4, 0.5) is 39.7 Å². The number of rotatable bonds is 3. The Balaban J connectivity index is 1.80. The van der Waals surface area contributed by atoms with Crippen molar-refractivity contribution in [3.63, 3.8) is 0 Å². The van der Waals surface area contributed by atoms with Gasteiger partial charge in [0.05, 0.1) is 18.8 Å². The number of nitrogen functional groups attached to an aromatic ring is 1. The summed E-state index contributed by atoms with van der Waals surface area (Å²) in [6, 6.07) is 1.19. The van der Waals surface area contributed by atoms with Crippen LogP contribution in [0.2, 0.25) is 0 Å². The molecule has 2 aromatic rings. The third kappa shape index (κ3) is 3.96. The Morgan fingerprint density at radius 1 is 1.03 bits per heavy atom. The van der Waals surface area contributed by atoms with Crippen molar-refractivity contribution in [1.29, 1.82) is 0 Å². The fourth-order valence-electron chi connectivity index (χ4n) is 3.29. The van der Waals surface area contributed by atoms with Crippen LogP contribution in [-0.2, 0) is 11.0 Å². The van der Waals surface area contributed by atoms with Crippen molar-refractivity contribution in [1.82, 2.24) is 19.9 Å². The Morgan fingerprint density at radius 2 is 1.70 bits per heavy atom. The number of carbonyl (C=O) groups is 1. The minimum absolute atomic E-state index is 0.0511. The smallest absolute Gasteiger partial charge is 0.368 e. The predicted molar refractivity (Wildman–Crippen MR) is 96.1 cm³/mol. The van der Waals surface area contributed by atoms with Gasteiger partial charge in [0.15, 0.2) is 5.69 Å². The monoisotopic (exact) mass is 429 g/mol. The lowest BCUT2D eigenvalue weighted by atomic mass is 10.1. The number of anilines is 3. The van der Waals surface area contributed by atoms with Gasteiger partial charge < -0.3 is 15.5 Å². The molecule has 0 aliphatic carbocycles. The van der Waals surface area contributed by atoms with Gasteiger partial charge in [-0.3, -0.25) is 4.79 Å². The van der Waals surface area contributed by atoms with Crippen molar-refractivity contribution in [2.75, 3.05) is 41.7 Å². The summed E-state index contributed by atoms with van der Waals surface area (Å²) in [7, 11) is 0. The molecule has 2 N–H and O–H groups in total. The van der Waals surface area contributed by atoms with Gasteiger partial charge in [-0.2, -0.15) is 18.2 Å². The summed E-state index contributed by atoms with van der Waals surface area (Å²) < 4.78 is 67.2. The van der Waals surface area contributed by atoms with Gasteiger partial charge in [-0.25, -0.2) is 23.7 Å². The number of aromatic nitrogens is 4. The highest BCUT2D eigenvalue weighted by Crippen LogP contribution is 2.38. The van der Waals surface area contributed by atoms with Gasteiger partial charge in [-0.05, 0) is 0 Å². The van der Waals surface area contributed by atoms with Crippen LogP contribution in [0.15, 0.2) is 12.3 Å². The maximum absolute atomic E-state index is 13.5. The number of hydrogen-bond donors (Lipinski definition) is 1. The second-order valence-electron chi connectivity index (χ2n) is 7.14. The van der Waals surface area contributed by atoms with Crippen LogP contribution in [0.1, 0.15) is 18.5 Å². The molecule has 0 atom stereocenters. The fraction of sp³-hybridized carbons (Fsp3) is 0.471. The average Bonchev–Trinajstić information content (AvgIpc) is 2.65. The molecule has 2 aliphatic rings. The Hall–Kier alpha value is -3.12. The molecule has 13 heteroatoms. The molecule has 0 saturated carbocycles. The van der Waals surface area contributed by atoms with Crippen molar-refractivity contribution < 1.29 is 26.7 Å². The van der Waals surface area contributed by atoms with Crippen molar-refractivity contribution in [3.8, 4) is 11.3 Å². The van der Waals surface area contributed by atoms with Gasteiger partial charge in [0.1, 0.15) is 11.6 Å². The number of hydrogen-bond acceptors (Lipinski definition) is 8. The van der Waals surface area contributed by atoms with Crippen LogP contribution in [0.25, 0.3) is 11.3 Å². The van der Waals surface area contributed by atoms with Crippen LogP contribution in [-0.4, -0.2) is 57.8 Å². The normalized spacial score (nSPS) is 19.0. The van der Waals surface area contributed by atoms with Gasteiger partial charge in [-0.1, -0.05) is 0 Å². The highest BCUT2D eigenvalue weighted by Gasteiger charge is 2.45. The van der Waals surface area contributed by atoms with E-state index < -0.39 is 42.4 Å². The summed E-state index contributed by atoms with van der Waals surface area (Å²) in [6.07, 6.45) is -3.46. The minimum Gasteiger partial charge on any atom is -0.368 e. The molecule has 30 heavy (non-hydrogen) atoms. The molecule has 2 aromatic heterocycles. The lowest BCUT2D eigenvalue weighted by molar-refractivity contribution is -0.140.